The van der Waals surface area contributed by atoms with Crippen molar-refractivity contribution in [2.45, 2.75) is 51.4 Å². The zero-order valence-electron chi connectivity index (χ0n) is 67.8. The zero-order valence-corrected chi connectivity index (χ0v) is 67.8. The molecule has 0 radical (unpaired) electrons. The summed E-state index contributed by atoms with van der Waals surface area (Å²) in [4.78, 5) is 39.5. The summed E-state index contributed by atoms with van der Waals surface area (Å²) < 4.78 is 225. The highest BCUT2D eigenvalue weighted by atomic mass is 19.3. The minimum absolute atomic E-state index is 0.175. The van der Waals surface area contributed by atoms with E-state index in [2.05, 4.69) is 49.8 Å². The van der Waals surface area contributed by atoms with Crippen LogP contribution in [0.4, 0.5) is 57.1 Å². The number of methoxy groups -OCH3 is 5. The zero-order chi connectivity index (χ0) is 90.1. The summed E-state index contributed by atoms with van der Waals surface area (Å²) in [7, 11) is 7.51. The minimum atomic E-state index is -3.04. The molecule has 0 atom stereocenters. The molecule has 0 bridgehead atoms. The second kappa shape index (κ2) is 42.5. The Labute approximate surface area is 712 Å². The van der Waals surface area contributed by atoms with Crippen molar-refractivity contribution in [1.29, 1.82) is 0 Å². The fraction of sp³-hybridized carbons (Fsp3) is 0.140. The van der Waals surface area contributed by atoms with Gasteiger partial charge in [-0.1, -0.05) is 36.4 Å². The quantitative estimate of drug-likeness (QED) is 0.0485. The average molecular weight is 1740 g/mol. The van der Waals surface area contributed by atoms with E-state index in [9.17, 15) is 57.1 Å². The second-order valence-corrected chi connectivity index (χ2v) is 26.5. The van der Waals surface area contributed by atoms with Crippen LogP contribution in [0.3, 0.4) is 0 Å². The smallest absolute Gasteiger partial charge is 0.286 e. The first-order chi connectivity index (χ1) is 60.5. The number of aromatic nitrogens is 10. The van der Waals surface area contributed by atoms with E-state index in [0.717, 1.165) is 43.0 Å². The number of benzene rings is 5. The van der Waals surface area contributed by atoms with Crippen LogP contribution in [0.15, 0.2) is 286 Å². The molecule has 5 aromatic carbocycles. The monoisotopic (exact) mass is 1740 g/mol. The van der Waals surface area contributed by atoms with Gasteiger partial charge in [0.2, 0.25) is 29.4 Å². The molecule has 0 aliphatic rings. The Morgan fingerprint density at radius 2 is 0.484 bits per heavy atom. The molecule has 0 spiro atoms. The van der Waals surface area contributed by atoms with Crippen LogP contribution >= 0.6 is 0 Å². The van der Waals surface area contributed by atoms with E-state index in [-0.39, 0.29) is 63.4 Å². The molecule has 0 aliphatic carbocycles. The molecule has 15 rings (SSSR count). The number of alkyl halides is 10. The van der Waals surface area contributed by atoms with Gasteiger partial charge in [-0.05, 0) is 176 Å². The van der Waals surface area contributed by atoms with Crippen molar-refractivity contribution >= 4 is 0 Å². The van der Waals surface area contributed by atoms with Gasteiger partial charge in [0, 0.05) is 120 Å². The summed E-state index contributed by atoms with van der Waals surface area (Å²) >= 11 is 0. The van der Waals surface area contributed by atoms with Crippen LogP contribution in [0.5, 0.6) is 86.9 Å². The van der Waals surface area contributed by atoms with Crippen molar-refractivity contribution in [3.05, 3.63) is 332 Å². The lowest BCUT2D eigenvalue weighted by Gasteiger charge is -2.14. The van der Waals surface area contributed by atoms with E-state index in [1.165, 1.54) is 174 Å². The summed E-state index contributed by atoms with van der Waals surface area (Å²) in [6.07, 6.45) is 8.57. The van der Waals surface area contributed by atoms with Crippen LogP contribution in [0.2, 0.25) is 0 Å². The Balaban J connectivity index is 0.000000153. The van der Waals surface area contributed by atoms with Gasteiger partial charge < -0.3 is 47.4 Å². The summed E-state index contributed by atoms with van der Waals surface area (Å²) in [5.74, 6) is -5.24. The lowest BCUT2D eigenvalue weighted by Crippen LogP contribution is -2.09. The Kier molecular flexibility index (Phi) is 30.8. The Hall–Kier alpha value is -15.3. The van der Waals surface area contributed by atoms with Crippen LogP contribution in [0, 0.1) is 17.5 Å². The first kappa shape index (κ1) is 91.4. The Bertz CT molecular complexity index is 6090. The molecule has 10 heterocycles. The number of hydrogen-bond donors (Lipinski definition) is 0. The SMILES string of the molecule is COc1cc(F)ccc1-c1cccnc1Oc1ccc(C(C)(F)F)nc1.COc1cc(F)ccc1-c1cccnc1Oc1ccc(C(F)F)nc1.COc1ccc(F)cc1-c1cccnc1Oc1ccc(C(C)(F)F)nc1.COc1ccccc1-c1cccnc1Oc1ccc(C(C)(F)F)nc1.COc1ccccc1-c1cccnc1Oc1ccc(C(F)F)nc1. The van der Waals surface area contributed by atoms with Crippen molar-refractivity contribution in [1.82, 2.24) is 49.8 Å². The first-order valence-corrected chi connectivity index (χ1v) is 37.5. The Morgan fingerprint density at radius 3 is 0.746 bits per heavy atom. The maximum atomic E-state index is 13.7. The second-order valence-electron chi connectivity index (χ2n) is 26.5. The summed E-state index contributed by atoms with van der Waals surface area (Å²) in [6.45, 7) is 2.34. The summed E-state index contributed by atoms with van der Waals surface area (Å²) in [5.41, 5.74) is 4.68. The molecular weight excluding hydrogens is 1660 g/mol. The minimum Gasteiger partial charge on any atom is -0.496 e. The number of halogens is 13. The third-order valence-electron chi connectivity index (χ3n) is 17.6. The van der Waals surface area contributed by atoms with Crippen LogP contribution in [0.1, 0.15) is 62.1 Å². The highest BCUT2D eigenvalue weighted by Crippen LogP contribution is 2.44. The van der Waals surface area contributed by atoms with Crippen LogP contribution < -0.4 is 47.4 Å². The van der Waals surface area contributed by atoms with Gasteiger partial charge in [0.1, 0.15) is 103 Å². The van der Waals surface area contributed by atoms with E-state index in [4.69, 9.17) is 47.4 Å². The van der Waals surface area contributed by atoms with E-state index in [1.54, 1.807) is 87.3 Å². The van der Waals surface area contributed by atoms with Crippen molar-refractivity contribution in [2.75, 3.05) is 35.5 Å². The molecule has 646 valence electrons. The molecule has 0 N–H and O–H groups in total. The molecule has 0 saturated heterocycles. The molecule has 0 aliphatic heterocycles. The van der Waals surface area contributed by atoms with Crippen LogP contribution in [-0.4, -0.2) is 85.4 Å². The largest absolute Gasteiger partial charge is 0.496 e. The first-order valence-electron chi connectivity index (χ1n) is 37.5. The number of nitrogens with zero attached hydrogens (tertiary/aromatic N) is 10. The van der Waals surface area contributed by atoms with E-state index >= 15 is 0 Å². The molecule has 33 heteroatoms. The standard InChI is InChI=1S/2C19H15F3N2O2.C19H16F2N2O2.C18H13F3N2O2.C18H14F2N2O2/c1-19(21,22)17-8-6-13(11-24-17)26-18-15(4-3-9-23-18)14-7-5-12(20)10-16(14)25-2;1-19(21,22)17-8-6-13(11-24-17)26-18-14(4-3-9-23-18)15-10-12(20)5-7-16(15)25-2;1-19(20,21)17-10-9-13(12-23-17)25-18-15(7-5-11-22-18)14-6-3-4-8-16(14)24-2;1-24-16-9-11(19)4-6-13(16)14-3-2-8-22-18(14)25-12-5-7-15(17(20)21)23-10-12;1-23-16-7-3-2-5-13(16)14-6-4-10-21-18(14)24-12-8-9-15(17(19)20)22-11-12/h2*3-11H,1-2H3;3-12H,1-2H3;2-10,17H,1H3;2-11,17H,1H3. The van der Waals surface area contributed by atoms with Crippen molar-refractivity contribution in [3.63, 3.8) is 0 Å². The predicted molar refractivity (Wildman–Crippen MR) is 441 cm³/mol. The van der Waals surface area contributed by atoms with Crippen LogP contribution in [-0.2, 0) is 17.8 Å². The lowest BCUT2D eigenvalue weighted by atomic mass is 10.1. The van der Waals surface area contributed by atoms with E-state index in [1.807, 2.05) is 60.7 Å². The summed E-state index contributed by atoms with van der Waals surface area (Å²) in [6, 6.07) is 57.8. The topological polar surface area (TPSA) is 221 Å². The van der Waals surface area contributed by atoms with Gasteiger partial charge >= 0.3 is 0 Å². The van der Waals surface area contributed by atoms with Crippen molar-refractivity contribution in [3.8, 4) is 143 Å². The van der Waals surface area contributed by atoms with Gasteiger partial charge in [0.25, 0.3) is 30.6 Å². The molecule has 0 unspecified atom stereocenters. The maximum absolute atomic E-state index is 13.7. The molecule has 20 nitrogen and oxygen atoms in total. The normalized spacial score (nSPS) is 11.0. The van der Waals surface area contributed by atoms with Crippen LogP contribution in [0.25, 0.3) is 55.6 Å². The highest BCUT2D eigenvalue weighted by Gasteiger charge is 2.29. The average Bonchev–Trinajstić information content (AvgIpc) is 0.820. The number of ether oxygens (including phenoxy) is 10. The van der Waals surface area contributed by atoms with Crippen molar-refractivity contribution < 1.29 is 104 Å². The number of hydrogen-bond acceptors (Lipinski definition) is 20. The number of para-hydroxylation sites is 2. The molecule has 0 amide bonds. The Morgan fingerprint density at radius 1 is 0.238 bits per heavy atom. The van der Waals surface area contributed by atoms with Gasteiger partial charge in [0.05, 0.1) is 66.5 Å². The molecule has 15 aromatic rings. The van der Waals surface area contributed by atoms with Gasteiger partial charge in [-0.15, -0.1) is 0 Å². The van der Waals surface area contributed by atoms with Gasteiger partial charge in [0.15, 0.2) is 0 Å². The molecular formula is C93H73F13N10O10. The fourth-order valence-electron chi connectivity index (χ4n) is 11.6. The van der Waals surface area contributed by atoms with Crippen molar-refractivity contribution in [2.24, 2.45) is 0 Å². The molecule has 0 saturated carbocycles. The molecule has 10 aromatic heterocycles. The molecule has 0 fully saturated rings. The van der Waals surface area contributed by atoms with E-state index in [0.29, 0.717) is 85.4 Å². The number of rotatable bonds is 25. The summed E-state index contributed by atoms with van der Waals surface area (Å²) in [5, 5.41) is 0. The maximum Gasteiger partial charge on any atom is 0.286 e. The number of pyridine rings is 10. The third kappa shape index (κ3) is 24.5. The van der Waals surface area contributed by atoms with Gasteiger partial charge in [-0.2, -0.15) is 26.3 Å². The highest BCUT2D eigenvalue weighted by molar-refractivity contribution is 5.79. The predicted octanol–water partition coefficient (Wildman–Crippen LogP) is 25.4. The molecule has 126 heavy (non-hydrogen) atoms. The van der Waals surface area contributed by atoms with Gasteiger partial charge in [-0.25, -0.2) is 55.7 Å². The van der Waals surface area contributed by atoms with Gasteiger partial charge in [-0.3, -0.25) is 24.9 Å². The fourth-order valence-corrected chi connectivity index (χ4v) is 11.6. The van der Waals surface area contributed by atoms with E-state index < -0.39 is 48.1 Å². The third-order valence-corrected chi connectivity index (χ3v) is 17.6. The lowest BCUT2D eigenvalue weighted by molar-refractivity contribution is 0.0120.